The van der Waals surface area contributed by atoms with Crippen LogP contribution in [0.25, 0.3) is 16.9 Å². The van der Waals surface area contributed by atoms with Gasteiger partial charge >= 0.3 is 0 Å². The molecule has 3 aromatic rings. The molecule has 0 saturated heterocycles. The van der Waals surface area contributed by atoms with Gasteiger partial charge in [-0.15, -0.1) is 0 Å². The number of aromatic nitrogens is 2. The van der Waals surface area contributed by atoms with E-state index in [2.05, 4.69) is 27.5 Å². The molecule has 0 aliphatic carbocycles. The van der Waals surface area contributed by atoms with Gasteiger partial charge in [0.1, 0.15) is 23.5 Å². The van der Waals surface area contributed by atoms with Crippen LogP contribution in [0.4, 0.5) is 4.39 Å². The van der Waals surface area contributed by atoms with E-state index in [-0.39, 0.29) is 22.8 Å². The first-order valence-corrected chi connectivity index (χ1v) is 8.81. The predicted molar refractivity (Wildman–Crippen MR) is 95.5 cm³/mol. The minimum Gasteiger partial charge on any atom is -1.00 e. The highest BCUT2D eigenvalue weighted by molar-refractivity contribution is 5.59. The second-order valence-electron chi connectivity index (χ2n) is 6.44. The quantitative estimate of drug-likeness (QED) is 0.588. The number of para-hydroxylation sites is 1. The van der Waals surface area contributed by atoms with Crippen molar-refractivity contribution in [3.05, 3.63) is 66.4 Å². The lowest BCUT2D eigenvalue weighted by Gasteiger charge is -2.05. The standard InChI is InChI=1S/C21H22FN2O.BrH/c1-25-17-11-12-18(19(22)14-17)20-15-24(16-8-4-2-5-9-16)21-10-6-3-7-13-23(20)21;/h2,4-5,8-9,11-12,14-15H,3,6-7,10,13H2,1H3;1H/q+1;/p-1. The predicted octanol–water partition coefficient (Wildman–Crippen LogP) is 1.31. The number of hydrogen-bond acceptors (Lipinski definition) is 1. The Morgan fingerprint density at radius 1 is 1.04 bits per heavy atom. The Bertz CT molecular complexity index is 893. The minimum atomic E-state index is -0.246. The van der Waals surface area contributed by atoms with Crippen LogP contribution in [-0.2, 0) is 13.0 Å². The van der Waals surface area contributed by atoms with Crippen molar-refractivity contribution >= 4 is 0 Å². The van der Waals surface area contributed by atoms with E-state index in [1.807, 2.05) is 30.3 Å². The molecular formula is C21H22BrFN2O. The lowest BCUT2D eigenvalue weighted by Crippen LogP contribution is -3.00. The Hall–Kier alpha value is -2.14. The van der Waals surface area contributed by atoms with Crippen molar-refractivity contribution in [1.82, 2.24) is 4.57 Å². The summed E-state index contributed by atoms with van der Waals surface area (Å²) in [5.41, 5.74) is 2.67. The lowest BCUT2D eigenvalue weighted by molar-refractivity contribution is -0.692. The summed E-state index contributed by atoms with van der Waals surface area (Å²) in [7, 11) is 1.56. The number of methoxy groups -OCH3 is 1. The van der Waals surface area contributed by atoms with E-state index in [0.29, 0.717) is 11.3 Å². The van der Waals surface area contributed by atoms with Gasteiger partial charge in [0.05, 0.1) is 19.2 Å². The molecule has 0 amide bonds. The van der Waals surface area contributed by atoms with Gasteiger partial charge in [-0.2, -0.15) is 4.57 Å². The van der Waals surface area contributed by atoms with Crippen molar-refractivity contribution in [2.75, 3.05) is 7.11 Å². The molecule has 4 rings (SSSR count). The zero-order valence-electron chi connectivity index (χ0n) is 14.8. The molecule has 0 fully saturated rings. The molecule has 2 heterocycles. The fourth-order valence-electron chi connectivity index (χ4n) is 3.63. The Kier molecular flexibility index (Phi) is 5.77. The summed E-state index contributed by atoms with van der Waals surface area (Å²) in [5.74, 6) is 1.54. The first-order valence-electron chi connectivity index (χ1n) is 8.81. The topological polar surface area (TPSA) is 18.0 Å². The second kappa shape index (κ2) is 8.04. The molecule has 1 aliphatic heterocycles. The van der Waals surface area contributed by atoms with E-state index in [9.17, 15) is 4.39 Å². The van der Waals surface area contributed by atoms with Crippen molar-refractivity contribution < 1.29 is 30.7 Å². The van der Waals surface area contributed by atoms with E-state index in [1.165, 1.54) is 24.7 Å². The van der Waals surface area contributed by atoms with Crippen molar-refractivity contribution in [2.45, 2.75) is 32.2 Å². The number of nitrogens with zero attached hydrogens (tertiary/aromatic N) is 2. The molecule has 1 aromatic heterocycles. The Morgan fingerprint density at radius 3 is 2.58 bits per heavy atom. The van der Waals surface area contributed by atoms with E-state index in [1.54, 1.807) is 7.11 Å². The van der Waals surface area contributed by atoms with E-state index < -0.39 is 0 Å². The molecule has 5 heteroatoms. The molecule has 3 nitrogen and oxygen atoms in total. The third-order valence-corrected chi connectivity index (χ3v) is 4.90. The monoisotopic (exact) mass is 416 g/mol. The zero-order valence-corrected chi connectivity index (χ0v) is 16.4. The highest BCUT2D eigenvalue weighted by atomic mass is 79.9. The first kappa shape index (κ1) is 18.6. The smallest absolute Gasteiger partial charge is 0.262 e. The molecule has 0 bridgehead atoms. The molecule has 2 aromatic carbocycles. The highest BCUT2D eigenvalue weighted by Gasteiger charge is 2.28. The Morgan fingerprint density at radius 2 is 1.85 bits per heavy atom. The summed E-state index contributed by atoms with van der Waals surface area (Å²) in [6.07, 6.45) is 6.58. The van der Waals surface area contributed by atoms with Crippen LogP contribution in [0.1, 0.15) is 25.1 Å². The maximum Gasteiger partial charge on any atom is 0.262 e. The molecule has 0 unspecified atom stereocenters. The summed E-state index contributed by atoms with van der Waals surface area (Å²) < 4.78 is 24.3. The summed E-state index contributed by atoms with van der Waals surface area (Å²) >= 11 is 0. The van der Waals surface area contributed by atoms with E-state index in [4.69, 9.17) is 4.74 Å². The maximum atomic E-state index is 14.7. The van der Waals surface area contributed by atoms with E-state index >= 15 is 0 Å². The number of fused-ring (bicyclic) bond motifs is 1. The summed E-state index contributed by atoms with van der Waals surface area (Å²) in [6.45, 7) is 0.927. The third kappa shape index (κ3) is 3.40. The van der Waals surface area contributed by atoms with Gasteiger partial charge in [0, 0.05) is 12.5 Å². The van der Waals surface area contributed by atoms with Crippen LogP contribution in [0, 0.1) is 5.82 Å². The SMILES string of the molecule is COc1ccc(-c2cn(-c3ccccc3)c3[n+]2CCCCC3)c(F)c1.[Br-]. The van der Waals surface area contributed by atoms with Crippen molar-refractivity contribution in [3.63, 3.8) is 0 Å². The van der Waals surface area contributed by atoms with Crippen LogP contribution in [0.3, 0.4) is 0 Å². The van der Waals surface area contributed by atoms with Gasteiger partial charge in [0.2, 0.25) is 0 Å². The highest BCUT2D eigenvalue weighted by Crippen LogP contribution is 2.27. The fraction of sp³-hybridized carbons (Fsp3) is 0.286. The van der Waals surface area contributed by atoms with Crippen LogP contribution < -0.4 is 26.3 Å². The van der Waals surface area contributed by atoms with Gasteiger partial charge in [-0.05, 0) is 43.5 Å². The summed E-state index contributed by atoms with van der Waals surface area (Å²) in [5, 5.41) is 0. The summed E-state index contributed by atoms with van der Waals surface area (Å²) in [6, 6.07) is 15.4. The number of hydrogen-bond donors (Lipinski definition) is 0. The molecule has 1 aliphatic rings. The molecule has 26 heavy (non-hydrogen) atoms. The molecule has 136 valence electrons. The Balaban J connectivity index is 0.00000196. The van der Waals surface area contributed by atoms with Crippen LogP contribution in [0.15, 0.2) is 54.7 Å². The molecule has 0 spiro atoms. The van der Waals surface area contributed by atoms with Crippen molar-refractivity contribution in [2.24, 2.45) is 0 Å². The molecule has 0 atom stereocenters. The van der Waals surface area contributed by atoms with Gasteiger partial charge in [-0.1, -0.05) is 18.2 Å². The number of ether oxygens (including phenoxy) is 1. The maximum absolute atomic E-state index is 14.7. The Labute approximate surface area is 163 Å². The molecular weight excluding hydrogens is 395 g/mol. The van der Waals surface area contributed by atoms with E-state index in [0.717, 1.165) is 30.8 Å². The molecule has 0 saturated carbocycles. The van der Waals surface area contributed by atoms with Gasteiger partial charge in [0.15, 0.2) is 5.69 Å². The fourth-order valence-corrected chi connectivity index (χ4v) is 3.63. The van der Waals surface area contributed by atoms with Crippen LogP contribution in [0.5, 0.6) is 5.75 Å². The zero-order chi connectivity index (χ0) is 17.2. The van der Waals surface area contributed by atoms with Gasteiger partial charge in [-0.3, -0.25) is 0 Å². The van der Waals surface area contributed by atoms with Gasteiger partial charge < -0.3 is 21.7 Å². The van der Waals surface area contributed by atoms with Gasteiger partial charge in [-0.25, -0.2) is 8.96 Å². The normalized spacial score (nSPS) is 13.5. The van der Waals surface area contributed by atoms with Crippen molar-refractivity contribution in [3.8, 4) is 22.7 Å². The largest absolute Gasteiger partial charge is 1.00 e. The lowest BCUT2D eigenvalue weighted by atomic mass is 10.1. The summed E-state index contributed by atoms with van der Waals surface area (Å²) in [4.78, 5) is 0. The molecule has 0 radical (unpaired) electrons. The number of rotatable bonds is 3. The average molecular weight is 417 g/mol. The third-order valence-electron chi connectivity index (χ3n) is 4.90. The number of benzene rings is 2. The van der Waals surface area contributed by atoms with Crippen LogP contribution in [-0.4, -0.2) is 11.7 Å². The van der Waals surface area contributed by atoms with Crippen LogP contribution in [0.2, 0.25) is 0 Å². The number of imidazole rings is 1. The second-order valence-corrected chi connectivity index (χ2v) is 6.44. The van der Waals surface area contributed by atoms with Crippen LogP contribution >= 0.6 is 0 Å². The number of halogens is 2. The van der Waals surface area contributed by atoms with Gasteiger partial charge in [0.25, 0.3) is 5.82 Å². The average Bonchev–Trinajstić information content (AvgIpc) is 2.83. The minimum absolute atomic E-state index is 0. The van der Waals surface area contributed by atoms with Crippen molar-refractivity contribution in [1.29, 1.82) is 0 Å². The first-order chi connectivity index (χ1) is 12.3. The molecule has 0 N–H and O–H groups in total.